The van der Waals surface area contributed by atoms with E-state index in [1.165, 1.54) is 33.9 Å². The third-order valence-electron chi connectivity index (χ3n) is 3.67. The number of anilines is 1. The van der Waals surface area contributed by atoms with E-state index in [9.17, 15) is 0 Å². The molecule has 2 aromatic rings. The fourth-order valence-corrected chi connectivity index (χ4v) is 3.99. The minimum absolute atomic E-state index is 0.600. The summed E-state index contributed by atoms with van der Waals surface area (Å²) in [7, 11) is 0. The van der Waals surface area contributed by atoms with Gasteiger partial charge in [0.1, 0.15) is 5.82 Å². The quantitative estimate of drug-likeness (QED) is 0.782. The van der Waals surface area contributed by atoms with E-state index in [-0.39, 0.29) is 0 Å². The van der Waals surface area contributed by atoms with Crippen LogP contribution in [0, 0.1) is 13.8 Å². The van der Waals surface area contributed by atoms with E-state index < -0.39 is 0 Å². The molecule has 0 bridgehead atoms. The highest BCUT2D eigenvalue weighted by molar-refractivity contribution is 9.10. The van der Waals surface area contributed by atoms with Gasteiger partial charge in [0.25, 0.3) is 0 Å². The van der Waals surface area contributed by atoms with E-state index in [0.717, 1.165) is 29.1 Å². The molecule has 5 heteroatoms. The molecule has 0 atom stereocenters. The lowest BCUT2D eigenvalue weighted by molar-refractivity contribution is 0.939. The molecule has 3 nitrogen and oxygen atoms in total. The fraction of sp³-hybridized carbons (Fsp3) is 0.500. The number of aryl methyl sites for hydroxylation is 2. The Bertz CT molecular complexity index is 662. The Morgan fingerprint density at radius 1 is 1.33 bits per heavy atom. The van der Waals surface area contributed by atoms with Crippen molar-refractivity contribution in [3.05, 3.63) is 26.0 Å². The monoisotopic (exact) mass is 365 g/mol. The molecule has 0 aromatic carbocycles. The summed E-state index contributed by atoms with van der Waals surface area (Å²) in [5.41, 5.74) is 2.34. The van der Waals surface area contributed by atoms with Gasteiger partial charge < -0.3 is 5.32 Å². The fourth-order valence-electron chi connectivity index (χ4n) is 2.43. The Balaban J connectivity index is 2.07. The first-order chi connectivity index (χ1) is 10.1. The molecule has 3 rings (SSSR count). The highest BCUT2D eigenvalue weighted by atomic mass is 79.9. The van der Waals surface area contributed by atoms with Crippen molar-refractivity contribution in [1.82, 2.24) is 9.97 Å². The molecule has 0 unspecified atom stereocenters. The van der Waals surface area contributed by atoms with Crippen LogP contribution < -0.4 is 5.32 Å². The maximum atomic E-state index is 4.86. The van der Waals surface area contributed by atoms with E-state index in [1.807, 2.05) is 11.3 Å². The number of hydrogen-bond donors (Lipinski definition) is 1. The lowest BCUT2D eigenvalue weighted by atomic mass is 10.2. The van der Waals surface area contributed by atoms with Crippen LogP contribution in [0.2, 0.25) is 0 Å². The van der Waals surface area contributed by atoms with E-state index >= 15 is 0 Å². The Hall–Kier alpha value is -0.940. The van der Waals surface area contributed by atoms with Gasteiger partial charge in [-0.15, -0.1) is 11.3 Å². The van der Waals surface area contributed by atoms with Crippen molar-refractivity contribution < 1.29 is 0 Å². The van der Waals surface area contributed by atoms with E-state index in [4.69, 9.17) is 9.97 Å². The average Bonchev–Trinajstić information content (AvgIpc) is 3.23. The van der Waals surface area contributed by atoms with Crippen LogP contribution in [-0.4, -0.2) is 16.5 Å². The molecule has 0 saturated heterocycles. The molecule has 2 aromatic heterocycles. The molecule has 0 amide bonds. The van der Waals surface area contributed by atoms with Gasteiger partial charge in [-0.05, 0) is 55.1 Å². The van der Waals surface area contributed by atoms with Crippen LogP contribution in [-0.2, 0) is 0 Å². The third-order valence-corrected chi connectivity index (χ3v) is 5.41. The Morgan fingerprint density at radius 3 is 2.67 bits per heavy atom. The van der Waals surface area contributed by atoms with E-state index in [1.54, 1.807) is 0 Å². The summed E-state index contributed by atoms with van der Waals surface area (Å²) < 4.78 is 1.05. The summed E-state index contributed by atoms with van der Waals surface area (Å²) in [5.74, 6) is 2.40. The normalized spacial score (nSPS) is 14.5. The third kappa shape index (κ3) is 3.14. The van der Waals surface area contributed by atoms with Crippen LogP contribution in [0.15, 0.2) is 10.5 Å². The largest absolute Gasteiger partial charge is 0.369 e. The zero-order valence-electron chi connectivity index (χ0n) is 12.7. The van der Waals surface area contributed by atoms with Crippen molar-refractivity contribution in [1.29, 1.82) is 0 Å². The number of nitrogens with one attached hydrogen (secondary N) is 1. The molecule has 21 heavy (non-hydrogen) atoms. The molecular formula is C16H20BrN3S. The standard InChI is InChI=1S/C16H20BrN3S/c1-4-7-18-16-13(17)14(11-5-6-11)19-15(20-16)12-8-9(2)21-10(12)3/h8,11H,4-7H2,1-3H3,(H,18,19,20). The summed E-state index contributed by atoms with van der Waals surface area (Å²) in [4.78, 5) is 12.2. The van der Waals surface area contributed by atoms with Crippen LogP contribution in [0.4, 0.5) is 5.82 Å². The molecule has 0 radical (unpaired) electrons. The number of hydrogen-bond acceptors (Lipinski definition) is 4. The van der Waals surface area contributed by atoms with Crippen molar-refractivity contribution in [2.75, 3.05) is 11.9 Å². The molecular weight excluding hydrogens is 346 g/mol. The summed E-state index contributed by atoms with van der Waals surface area (Å²) in [6, 6.07) is 2.20. The van der Waals surface area contributed by atoms with E-state index in [2.05, 4.69) is 48.1 Å². The zero-order chi connectivity index (χ0) is 15.0. The molecule has 2 heterocycles. The maximum Gasteiger partial charge on any atom is 0.162 e. The number of halogens is 1. The second-order valence-electron chi connectivity index (χ2n) is 5.62. The number of thiophene rings is 1. The zero-order valence-corrected chi connectivity index (χ0v) is 15.1. The van der Waals surface area contributed by atoms with Crippen molar-refractivity contribution in [3.8, 4) is 11.4 Å². The molecule has 112 valence electrons. The van der Waals surface area contributed by atoms with Gasteiger partial charge in [-0.25, -0.2) is 9.97 Å². The second kappa shape index (κ2) is 6.05. The van der Waals surface area contributed by atoms with Gasteiger partial charge in [-0.1, -0.05) is 6.92 Å². The molecule has 1 aliphatic rings. The Morgan fingerprint density at radius 2 is 2.10 bits per heavy atom. The SMILES string of the molecule is CCCNc1nc(-c2cc(C)sc2C)nc(C2CC2)c1Br. The smallest absolute Gasteiger partial charge is 0.162 e. The minimum atomic E-state index is 0.600. The van der Waals surface area contributed by atoms with Gasteiger partial charge in [0.05, 0.1) is 10.2 Å². The van der Waals surface area contributed by atoms with Gasteiger partial charge in [0.2, 0.25) is 0 Å². The van der Waals surface area contributed by atoms with Crippen LogP contribution in [0.3, 0.4) is 0 Å². The molecule has 1 aliphatic carbocycles. The maximum absolute atomic E-state index is 4.86. The highest BCUT2D eigenvalue weighted by Crippen LogP contribution is 2.45. The van der Waals surface area contributed by atoms with E-state index in [0.29, 0.717) is 5.92 Å². The first-order valence-corrected chi connectivity index (χ1v) is 9.09. The topological polar surface area (TPSA) is 37.8 Å². The lowest BCUT2D eigenvalue weighted by Gasteiger charge is -2.12. The second-order valence-corrected chi connectivity index (χ2v) is 7.88. The molecule has 1 fully saturated rings. The Labute approximate surface area is 138 Å². The molecule has 1 N–H and O–H groups in total. The van der Waals surface area contributed by atoms with Crippen LogP contribution in [0.1, 0.15) is 47.6 Å². The van der Waals surface area contributed by atoms with Crippen molar-refractivity contribution in [2.45, 2.75) is 46.0 Å². The predicted octanol–water partition coefficient (Wildman–Crippen LogP) is 5.28. The number of aromatic nitrogens is 2. The molecule has 0 aliphatic heterocycles. The molecule has 1 saturated carbocycles. The van der Waals surface area contributed by atoms with Gasteiger partial charge in [-0.3, -0.25) is 0 Å². The molecule has 0 spiro atoms. The van der Waals surface area contributed by atoms with Gasteiger partial charge in [0, 0.05) is 27.8 Å². The number of nitrogens with zero attached hydrogens (tertiary/aromatic N) is 2. The average molecular weight is 366 g/mol. The van der Waals surface area contributed by atoms with Crippen molar-refractivity contribution in [2.24, 2.45) is 0 Å². The van der Waals surface area contributed by atoms with Crippen LogP contribution in [0.25, 0.3) is 11.4 Å². The van der Waals surface area contributed by atoms with Crippen molar-refractivity contribution >= 4 is 33.1 Å². The lowest BCUT2D eigenvalue weighted by Crippen LogP contribution is -2.07. The van der Waals surface area contributed by atoms with Crippen molar-refractivity contribution in [3.63, 3.8) is 0 Å². The Kier molecular flexibility index (Phi) is 4.31. The van der Waals surface area contributed by atoms with Crippen LogP contribution >= 0.6 is 27.3 Å². The first kappa shape index (κ1) is 15.0. The first-order valence-electron chi connectivity index (χ1n) is 7.48. The minimum Gasteiger partial charge on any atom is -0.369 e. The summed E-state index contributed by atoms with van der Waals surface area (Å²) >= 11 is 5.51. The van der Waals surface area contributed by atoms with Crippen LogP contribution in [0.5, 0.6) is 0 Å². The predicted molar refractivity (Wildman–Crippen MR) is 93.3 cm³/mol. The van der Waals surface area contributed by atoms with Gasteiger partial charge in [-0.2, -0.15) is 0 Å². The van der Waals surface area contributed by atoms with Gasteiger partial charge in [0.15, 0.2) is 5.82 Å². The highest BCUT2D eigenvalue weighted by Gasteiger charge is 2.29. The summed E-state index contributed by atoms with van der Waals surface area (Å²) in [5, 5.41) is 3.43. The van der Waals surface area contributed by atoms with Gasteiger partial charge >= 0.3 is 0 Å². The number of rotatable bonds is 5. The summed E-state index contributed by atoms with van der Waals surface area (Å²) in [6.45, 7) is 7.38. The summed E-state index contributed by atoms with van der Waals surface area (Å²) in [6.07, 6.45) is 3.56.